The average molecular weight is 271 g/mol. The first-order valence-corrected chi connectivity index (χ1v) is 6.71. The molecule has 0 spiro atoms. The van der Waals surface area contributed by atoms with Gasteiger partial charge in [0.1, 0.15) is 11.6 Å². The van der Waals surface area contributed by atoms with Crippen LogP contribution in [0.25, 0.3) is 0 Å². The van der Waals surface area contributed by atoms with Crippen molar-refractivity contribution >= 4 is 0 Å². The molecular formula is C15H17N3O2. The van der Waals surface area contributed by atoms with Crippen LogP contribution in [0.15, 0.2) is 36.5 Å². The molecule has 1 saturated heterocycles. The summed E-state index contributed by atoms with van der Waals surface area (Å²) in [5.74, 6) is 2.01. The first-order chi connectivity index (χ1) is 9.81. The number of ether oxygens (including phenoxy) is 2. The normalized spacial score (nSPS) is 18.8. The molecular weight excluding hydrogens is 254 g/mol. The molecule has 1 aliphatic rings. The zero-order valence-corrected chi connectivity index (χ0v) is 11.4. The monoisotopic (exact) mass is 271 g/mol. The Balaban J connectivity index is 1.77. The van der Waals surface area contributed by atoms with E-state index >= 15 is 0 Å². The molecule has 1 atom stereocenters. The lowest BCUT2D eigenvalue weighted by Crippen LogP contribution is -2.33. The molecule has 2 aromatic rings. The Morgan fingerprint density at radius 2 is 2.30 bits per heavy atom. The van der Waals surface area contributed by atoms with Crippen LogP contribution in [0, 0.1) is 6.92 Å². The quantitative estimate of drug-likeness (QED) is 0.927. The molecule has 1 aromatic carbocycles. The van der Waals surface area contributed by atoms with Gasteiger partial charge in [0.25, 0.3) is 0 Å². The van der Waals surface area contributed by atoms with Gasteiger partial charge < -0.3 is 14.8 Å². The van der Waals surface area contributed by atoms with Crippen LogP contribution in [0.5, 0.6) is 11.6 Å². The minimum absolute atomic E-state index is 0.0828. The van der Waals surface area contributed by atoms with E-state index in [9.17, 15) is 0 Å². The lowest BCUT2D eigenvalue weighted by atomic mass is 10.1. The minimum Gasteiger partial charge on any atom is -0.439 e. The standard InChI is InChI=1S/C15H17N3O2/c1-11-17-6-5-15(18-11)20-13-4-2-3-12(9-13)14-10-16-7-8-19-14/h2-6,9,14,16H,7-8,10H2,1H3. The molecule has 20 heavy (non-hydrogen) atoms. The molecule has 5 nitrogen and oxygen atoms in total. The van der Waals surface area contributed by atoms with Crippen molar-refractivity contribution in [1.82, 2.24) is 15.3 Å². The van der Waals surface area contributed by atoms with Crippen molar-refractivity contribution < 1.29 is 9.47 Å². The van der Waals surface area contributed by atoms with Crippen LogP contribution in [0.2, 0.25) is 0 Å². The molecule has 0 bridgehead atoms. The average Bonchev–Trinajstić information content (AvgIpc) is 2.48. The summed E-state index contributed by atoms with van der Waals surface area (Å²) in [5.41, 5.74) is 1.11. The van der Waals surface area contributed by atoms with Crippen molar-refractivity contribution in [1.29, 1.82) is 0 Å². The molecule has 1 fully saturated rings. The van der Waals surface area contributed by atoms with Gasteiger partial charge in [0, 0.05) is 25.4 Å². The van der Waals surface area contributed by atoms with Gasteiger partial charge in [-0.05, 0) is 24.6 Å². The largest absolute Gasteiger partial charge is 0.439 e. The molecule has 104 valence electrons. The number of nitrogens with zero attached hydrogens (tertiary/aromatic N) is 2. The molecule has 0 radical (unpaired) electrons. The van der Waals surface area contributed by atoms with E-state index < -0.39 is 0 Å². The second-order valence-electron chi connectivity index (χ2n) is 4.68. The third-order valence-corrected chi connectivity index (χ3v) is 3.13. The van der Waals surface area contributed by atoms with Gasteiger partial charge in [-0.3, -0.25) is 0 Å². The highest BCUT2D eigenvalue weighted by atomic mass is 16.5. The second kappa shape index (κ2) is 5.98. The first-order valence-electron chi connectivity index (χ1n) is 6.71. The maximum Gasteiger partial charge on any atom is 0.222 e. The highest BCUT2D eigenvalue weighted by molar-refractivity contribution is 5.32. The lowest BCUT2D eigenvalue weighted by molar-refractivity contribution is 0.0276. The van der Waals surface area contributed by atoms with Crippen molar-refractivity contribution in [3.05, 3.63) is 47.9 Å². The van der Waals surface area contributed by atoms with Gasteiger partial charge in [-0.15, -0.1) is 0 Å². The van der Waals surface area contributed by atoms with E-state index in [0.29, 0.717) is 11.7 Å². The molecule has 1 aromatic heterocycles. The molecule has 1 aliphatic heterocycles. The maximum atomic E-state index is 5.76. The predicted octanol–water partition coefficient (Wildman–Crippen LogP) is 2.24. The number of morpholine rings is 1. The fourth-order valence-corrected chi connectivity index (χ4v) is 2.17. The number of aromatic nitrogens is 2. The molecule has 3 rings (SSSR count). The number of benzene rings is 1. The molecule has 0 amide bonds. The molecule has 2 heterocycles. The number of rotatable bonds is 3. The van der Waals surface area contributed by atoms with E-state index in [1.165, 1.54) is 0 Å². The van der Waals surface area contributed by atoms with Crippen LogP contribution < -0.4 is 10.1 Å². The Morgan fingerprint density at radius 1 is 1.35 bits per heavy atom. The lowest BCUT2D eigenvalue weighted by Gasteiger charge is -2.24. The van der Waals surface area contributed by atoms with E-state index in [2.05, 4.69) is 21.4 Å². The van der Waals surface area contributed by atoms with E-state index in [1.807, 2.05) is 25.1 Å². The van der Waals surface area contributed by atoms with Crippen molar-refractivity contribution in [2.45, 2.75) is 13.0 Å². The molecule has 1 unspecified atom stereocenters. The fourth-order valence-electron chi connectivity index (χ4n) is 2.17. The molecule has 1 N–H and O–H groups in total. The van der Waals surface area contributed by atoms with Gasteiger partial charge in [-0.25, -0.2) is 4.98 Å². The predicted molar refractivity (Wildman–Crippen MR) is 74.8 cm³/mol. The minimum atomic E-state index is 0.0828. The molecule has 0 aliphatic carbocycles. The van der Waals surface area contributed by atoms with Crippen LogP contribution in [-0.4, -0.2) is 29.7 Å². The van der Waals surface area contributed by atoms with Crippen LogP contribution in [0.4, 0.5) is 0 Å². The Hall–Kier alpha value is -1.98. The van der Waals surface area contributed by atoms with E-state index in [0.717, 1.165) is 31.0 Å². The van der Waals surface area contributed by atoms with E-state index in [4.69, 9.17) is 9.47 Å². The van der Waals surface area contributed by atoms with Gasteiger partial charge in [-0.1, -0.05) is 12.1 Å². The summed E-state index contributed by atoms with van der Waals surface area (Å²) in [6, 6.07) is 9.68. The third kappa shape index (κ3) is 3.12. The molecule has 5 heteroatoms. The van der Waals surface area contributed by atoms with Crippen molar-refractivity contribution in [2.24, 2.45) is 0 Å². The SMILES string of the molecule is Cc1nccc(Oc2cccc(C3CNCCO3)c2)n1. The van der Waals surface area contributed by atoms with Gasteiger partial charge in [-0.2, -0.15) is 4.98 Å². The maximum absolute atomic E-state index is 5.76. The van der Waals surface area contributed by atoms with Gasteiger partial charge in [0.05, 0.1) is 12.7 Å². The van der Waals surface area contributed by atoms with Crippen molar-refractivity contribution in [3.63, 3.8) is 0 Å². The summed E-state index contributed by atoms with van der Waals surface area (Å²) < 4.78 is 11.5. The van der Waals surface area contributed by atoms with Crippen LogP contribution in [0.3, 0.4) is 0 Å². The van der Waals surface area contributed by atoms with E-state index in [1.54, 1.807) is 12.3 Å². The number of nitrogens with one attached hydrogen (secondary N) is 1. The van der Waals surface area contributed by atoms with Gasteiger partial charge in [0.15, 0.2) is 0 Å². The molecule has 0 saturated carbocycles. The Labute approximate surface area is 118 Å². The fraction of sp³-hybridized carbons (Fsp3) is 0.333. The summed E-state index contributed by atoms with van der Waals surface area (Å²) in [4.78, 5) is 8.29. The van der Waals surface area contributed by atoms with Crippen LogP contribution in [0.1, 0.15) is 17.5 Å². The topological polar surface area (TPSA) is 56.3 Å². The van der Waals surface area contributed by atoms with Gasteiger partial charge in [0.2, 0.25) is 5.88 Å². The number of hydrogen-bond acceptors (Lipinski definition) is 5. The van der Waals surface area contributed by atoms with Crippen LogP contribution in [-0.2, 0) is 4.74 Å². The zero-order chi connectivity index (χ0) is 13.8. The Morgan fingerprint density at radius 3 is 3.10 bits per heavy atom. The highest BCUT2D eigenvalue weighted by Crippen LogP contribution is 2.25. The van der Waals surface area contributed by atoms with Crippen LogP contribution >= 0.6 is 0 Å². The van der Waals surface area contributed by atoms with Crippen molar-refractivity contribution in [3.8, 4) is 11.6 Å². The summed E-state index contributed by atoms with van der Waals surface area (Å²) in [7, 11) is 0. The smallest absolute Gasteiger partial charge is 0.222 e. The Kier molecular flexibility index (Phi) is 3.90. The van der Waals surface area contributed by atoms with Crippen molar-refractivity contribution in [2.75, 3.05) is 19.7 Å². The summed E-state index contributed by atoms with van der Waals surface area (Å²) in [5, 5.41) is 3.32. The zero-order valence-electron chi connectivity index (χ0n) is 11.4. The Bertz CT molecular complexity index is 583. The first kappa shape index (κ1) is 13.0. The summed E-state index contributed by atoms with van der Waals surface area (Å²) in [6.45, 7) is 4.31. The number of aryl methyl sites for hydroxylation is 1. The third-order valence-electron chi connectivity index (χ3n) is 3.13. The highest BCUT2D eigenvalue weighted by Gasteiger charge is 2.16. The summed E-state index contributed by atoms with van der Waals surface area (Å²) >= 11 is 0. The second-order valence-corrected chi connectivity index (χ2v) is 4.68. The number of hydrogen-bond donors (Lipinski definition) is 1. The van der Waals surface area contributed by atoms with E-state index in [-0.39, 0.29) is 6.10 Å². The summed E-state index contributed by atoms with van der Waals surface area (Å²) in [6.07, 6.45) is 1.77. The van der Waals surface area contributed by atoms with Gasteiger partial charge >= 0.3 is 0 Å².